The van der Waals surface area contributed by atoms with Crippen LogP contribution in [0.5, 0.6) is 23.0 Å². The predicted octanol–water partition coefficient (Wildman–Crippen LogP) is 9.00. The van der Waals surface area contributed by atoms with Crippen LogP contribution in [-0.2, 0) is 66.0 Å². The highest BCUT2D eigenvalue weighted by atomic mass is 32.2. The molecular weight excluding hydrogens is 1240 g/mol. The summed E-state index contributed by atoms with van der Waals surface area (Å²) >= 11 is 0. The first kappa shape index (κ1) is 63.0. The quantitative estimate of drug-likeness (QED) is 0.0549. The molecule has 0 spiro atoms. The molecule has 2 amide bonds. The summed E-state index contributed by atoms with van der Waals surface area (Å²) in [6.45, 7) is -0.757. The molecule has 0 bridgehead atoms. The minimum absolute atomic E-state index is 0.0157. The van der Waals surface area contributed by atoms with Gasteiger partial charge in [-0.25, -0.2) is 31.6 Å². The van der Waals surface area contributed by atoms with Gasteiger partial charge in [0.05, 0.1) is 63.3 Å². The van der Waals surface area contributed by atoms with Crippen molar-refractivity contribution in [2.45, 2.75) is 67.3 Å². The third-order valence-electron chi connectivity index (χ3n) is 13.1. The number of nitrogens with zero attached hydrogens (tertiary/aromatic N) is 4. The van der Waals surface area contributed by atoms with Crippen molar-refractivity contribution >= 4 is 65.5 Å². The van der Waals surface area contributed by atoms with Crippen molar-refractivity contribution in [1.29, 1.82) is 0 Å². The Labute approximate surface area is 488 Å². The summed E-state index contributed by atoms with van der Waals surface area (Å²) in [5, 5.41) is 22.9. The molecule has 4 N–H and O–H groups in total. The molecule has 8 aromatic rings. The number of fused-ring (bicyclic) bond motifs is 4. The Kier molecular flexibility index (Phi) is 17.2. The zero-order valence-corrected chi connectivity index (χ0v) is 46.3. The maximum Gasteiger partial charge on any atom is 0.586 e. The largest absolute Gasteiger partial charge is 0.586 e. The molecule has 0 saturated heterocycles. The molecule has 1 atom stereocenters. The zero-order valence-electron chi connectivity index (χ0n) is 44.7. The maximum atomic E-state index is 14.1. The number of ether oxygens (including phenoxy) is 5. The summed E-state index contributed by atoms with van der Waals surface area (Å²) in [5.41, 5.74) is 0.124. The van der Waals surface area contributed by atoms with Crippen LogP contribution in [0.1, 0.15) is 67.6 Å². The van der Waals surface area contributed by atoms with Crippen molar-refractivity contribution < 1.29 is 114 Å². The number of benzene rings is 6. The first-order valence-corrected chi connectivity index (χ1v) is 28.7. The number of alkyl halides is 10. The number of carbonyl (C=O) groups is 4. The lowest BCUT2D eigenvalue weighted by Crippen LogP contribution is -2.32. The minimum Gasteiger partial charge on any atom is -0.480 e. The number of sulfone groups is 2. The molecule has 0 unspecified atom stereocenters. The number of hydrogen-bond acceptors (Lipinski definition) is 15. The van der Waals surface area contributed by atoms with Crippen LogP contribution in [0.15, 0.2) is 131 Å². The van der Waals surface area contributed by atoms with Gasteiger partial charge in [0.2, 0.25) is 11.6 Å². The number of carboxylic acid groups (broad SMARTS) is 2. The fraction of sp³-hybridized carbons (Fsp3) is 0.236. The Morgan fingerprint density at radius 2 is 1.08 bits per heavy atom. The third-order valence-corrected chi connectivity index (χ3v) is 16.5. The number of carboxylic acids is 2. The summed E-state index contributed by atoms with van der Waals surface area (Å²) in [5.74, 6) is -9.63. The topological polar surface area (TPSA) is 283 Å². The van der Waals surface area contributed by atoms with Crippen LogP contribution < -0.4 is 29.6 Å². The monoisotopic (exact) mass is 1280 g/mol. The first-order chi connectivity index (χ1) is 41.2. The van der Waals surface area contributed by atoms with E-state index in [-0.39, 0.29) is 84.5 Å². The lowest BCUT2D eigenvalue weighted by Gasteiger charge is -2.19. The summed E-state index contributed by atoms with van der Waals surface area (Å²) in [6, 6.07) is 24.5. The summed E-state index contributed by atoms with van der Waals surface area (Å²) in [6.07, 6.45) is -17.9. The number of carbonyl (C=O) groups excluding carboxylic acids is 2. The molecule has 2 aliphatic heterocycles. The molecule has 0 saturated carbocycles. The van der Waals surface area contributed by atoms with Gasteiger partial charge < -0.3 is 53.7 Å². The van der Waals surface area contributed by atoms with E-state index in [1.807, 2.05) is 0 Å². The van der Waals surface area contributed by atoms with E-state index < -0.39 is 123 Å². The Morgan fingerprint density at radius 3 is 1.53 bits per heavy atom. The van der Waals surface area contributed by atoms with Crippen molar-refractivity contribution in [3.63, 3.8) is 0 Å². The van der Waals surface area contributed by atoms with Gasteiger partial charge in [-0.05, 0) is 83.9 Å². The van der Waals surface area contributed by atoms with Crippen molar-refractivity contribution in [1.82, 2.24) is 29.7 Å². The number of aliphatic carboxylic acids is 2. The van der Waals surface area contributed by atoms with Crippen LogP contribution in [0.4, 0.5) is 43.9 Å². The average molecular weight is 1280 g/mol. The van der Waals surface area contributed by atoms with Crippen molar-refractivity contribution in [2.75, 3.05) is 24.7 Å². The van der Waals surface area contributed by atoms with E-state index in [0.717, 1.165) is 21.3 Å². The van der Waals surface area contributed by atoms with Gasteiger partial charge >= 0.3 is 36.9 Å². The average Bonchev–Trinajstić information content (AvgIpc) is 2.08. The smallest absolute Gasteiger partial charge is 0.480 e. The highest BCUT2D eigenvalue weighted by Crippen LogP contribution is 2.46. The lowest BCUT2D eigenvalue weighted by atomic mass is 10.1. The molecule has 2 aromatic heterocycles. The Balaban J connectivity index is 0.000000210. The van der Waals surface area contributed by atoms with Crippen LogP contribution in [-0.4, -0.2) is 107 Å². The lowest BCUT2D eigenvalue weighted by molar-refractivity contribution is -0.287. The maximum absolute atomic E-state index is 14.1. The fourth-order valence-corrected chi connectivity index (χ4v) is 11.0. The van der Waals surface area contributed by atoms with Crippen LogP contribution in [0, 0.1) is 0 Å². The minimum atomic E-state index is -4.97. The van der Waals surface area contributed by atoms with E-state index in [9.17, 15) is 79.9 Å². The molecule has 2 aliphatic rings. The molecule has 0 radical (unpaired) electrons. The Hall–Kier alpha value is -9.50. The highest BCUT2D eigenvalue weighted by molar-refractivity contribution is 7.92. The van der Waals surface area contributed by atoms with Crippen molar-refractivity contribution in [3.8, 4) is 23.0 Å². The van der Waals surface area contributed by atoms with Gasteiger partial charge in [0.25, 0.3) is 11.8 Å². The number of amides is 2. The number of nitrogens with one attached hydrogen (secondary N) is 2. The second-order valence-corrected chi connectivity index (χ2v) is 23.4. The van der Waals surface area contributed by atoms with Crippen molar-refractivity contribution in [3.05, 3.63) is 166 Å². The first-order valence-electron chi connectivity index (χ1n) is 25.4. The van der Waals surface area contributed by atoms with E-state index in [0.29, 0.717) is 11.1 Å². The van der Waals surface area contributed by atoms with E-state index in [2.05, 4.69) is 39.5 Å². The van der Waals surface area contributed by atoms with Gasteiger partial charge in [0, 0.05) is 28.8 Å². The molecular formula is C55H42F10N6O15S2. The van der Waals surface area contributed by atoms with Crippen LogP contribution in [0.25, 0.3) is 22.1 Å². The SMILES string of the molecule is CCS(=O)(=O)c1ccc([C@H](COCC(=O)O)NC(=O)c2ccc3c(c2)nc(C(F)(F)F)n3Cc2cccc3c2OC(F)(F)O3)cc1.O=C(O)CS(=O)(=O)c1ccc(CNC(=O)c2ccc3c(c2)nc(C(F)(F)F)n3Cc2cccc3c2OC(F)(F)O3)cc1. The summed E-state index contributed by atoms with van der Waals surface area (Å²) in [4.78, 5) is 54.9. The molecule has 0 aliphatic carbocycles. The van der Waals surface area contributed by atoms with E-state index in [1.165, 1.54) is 116 Å². The number of rotatable bonds is 19. The van der Waals surface area contributed by atoms with Crippen LogP contribution in [0.3, 0.4) is 0 Å². The van der Waals surface area contributed by atoms with Crippen LogP contribution >= 0.6 is 0 Å². The van der Waals surface area contributed by atoms with Gasteiger partial charge in [0.15, 0.2) is 48.4 Å². The molecule has 4 heterocycles. The predicted molar refractivity (Wildman–Crippen MR) is 283 cm³/mol. The third kappa shape index (κ3) is 14.2. The molecule has 88 heavy (non-hydrogen) atoms. The van der Waals surface area contributed by atoms with Gasteiger partial charge in [-0.3, -0.25) is 14.4 Å². The number of aromatic nitrogens is 4. The molecule has 6 aromatic carbocycles. The van der Waals surface area contributed by atoms with Crippen LogP contribution in [0.2, 0.25) is 0 Å². The molecule has 10 rings (SSSR count). The Morgan fingerprint density at radius 1 is 0.614 bits per heavy atom. The van der Waals surface area contributed by atoms with Crippen molar-refractivity contribution in [2.24, 2.45) is 0 Å². The number of imidazole rings is 2. The summed E-state index contributed by atoms with van der Waals surface area (Å²) in [7, 11) is -7.56. The van der Waals surface area contributed by atoms with Gasteiger partial charge in [-0.1, -0.05) is 55.5 Å². The molecule has 21 nitrogen and oxygen atoms in total. The highest BCUT2D eigenvalue weighted by Gasteiger charge is 2.47. The molecule has 33 heteroatoms. The second-order valence-electron chi connectivity index (χ2n) is 19.2. The second kappa shape index (κ2) is 24.0. The normalized spacial score (nSPS) is 14.5. The number of para-hydroxylation sites is 2. The molecule has 0 fully saturated rings. The van der Waals surface area contributed by atoms with Gasteiger partial charge in [-0.15, -0.1) is 17.6 Å². The van der Waals surface area contributed by atoms with Gasteiger partial charge in [-0.2, -0.15) is 26.3 Å². The standard InChI is InChI=1S/C29H24F5N3O8S.C26H18F5N3O7S/c1-2-46(41,42)19-9-6-16(7-10-19)21(14-43-15-24(38)39)35-26(40)17-8-11-22-20(12-17)36-27(28(30,31)32)37(22)13-18-4-3-5-23-25(18)45-29(33,34)44-23;27-25(28,29)24-33-18-10-15(23(37)32-11-14-4-7-17(8-5-14)42(38,39)13-21(35)36)6-9-19(18)34(24)12-16-2-1-3-20-22(16)41-26(30,31)40-20/h3-12,21H,2,13-15H2,1H3,(H,35,40)(H,38,39);1-10H,11-13H2,(H,32,37)(H,35,36)/t21-;/m0./s1. The molecule has 464 valence electrons. The number of halogens is 10. The van der Waals surface area contributed by atoms with E-state index >= 15 is 0 Å². The fourth-order valence-electron chi connectivity index (χ4n) is 9.08. The van der Waals surface area contributed by atoms with E-state index in [4.69, 9.17) is 14.9 Å². The zero-order chi connectivity index (χ0) is 63.9. The summed E-state index contributed by atoms with van der Waals surface area (Å²) < 4.78 is 211. The van der Waals surface area contributed by atoms with E-state index in [1.54, 1.807) is 0 Å². The van der Waals surface area contributed by atoms with Gasteiger partial charge in [0.1, 0.15) is 6.61 Å². The Bertz CT molecular complexity index is 4270. The number of hydrogen-bond donors (Lipinski definition) is 4.